The zero-order chi connectivity index (χ0) is 31.2. The molecule has 1 heterocycles. The number of amides is 1. The van der Waals surface area contributed by atoms with Crippen molar-refractivity contribution >= 4 is 28.1 Å². The van der Waals surface area contributed by atoms with Gasteiger partial charge in [0.25, 0.3) is 0 Å². The molecule has 0 aliphatic heterocycles. The predicted octanol–water partition coefficient (Wildman–Crippen LogP) is 2.77. The normalized spacial score (nSPS) is 20.1. The number of carbonyl (C=O) groups excluding carboxylic acids is 1. The van der Waals surface area contributed by atoms with Crippen molar-refractivity contribution in [1.29, 1.82) is 0 Å². The molecule has 1 aromatic heterocycles. The molecule has 0 fully saturated rings. The average molecular weight is 410 g/mol. The lowest BCUT2D eigenvalue weighted by Gasteiger charge is -2.12. The Bertz CT molecular complexity index is 1470. The summed E-state index contributed by atoms with van der Waals surface area (Å²) >= 11 is 0.851. The van der Waals surface area contributed by atoms with Crippen LogP contribution in [0.2, 0.25) is 0 Å². The highest BCUT2D eigenvalue weighted by molar-refractivity contribution is 7.13. The second-order valence-corrected chi connectivity index (χ2v) is 6.16. The topological polar surface area (TPSA) is 100 Å². The largest absolute Gasteiger partial charge is 0.387 e. The minimum Gasteiger partial charge on any atom is -0.387 e. The number of aromatic nitrogens is 1. The van der Waals surface area contributed by atoms with E-state index in [-0.39, 0.29) is 16.2 Å². The second kappa shape index (κ2) is 9.98. The number of nitrogens with two attached hydrogens (primary N) is 1. The summed E-state index contributed by atoms with van der Waals surface area (Å²) in [5.41, 5.74) is 3.93. The monoisotopic (exact) mass is 409 g/mol. The van der Waals surface area contributed by atoms with Gasteiger partial charge in [0.15, 0.2) is 5.13 Å². The van der Waals surface area contributed by atoms with E-state index in [0.717, 1.165) is 11.3 Å². The van der Waals surface area contributed by atoms with Gasteiger partial charge in [-0.05, 0) is 36.1 Å². The molecule has 2 aromatic carbocycles. The molecule has 0 aliphatic rings. The van der Waals surface area contributed by atoms with Crippen LogP contribution in [-0.2, 0) is 17.6 Å². The number of nitrogens with one attached hydrogen (secondary N) is 2. The molecule has 0 radical (unpaired) electrons. The Kier molecular flexibility index (Phi) is 3.27. The molecule has 0 saturated heterocycles. The molecular formula is C21H24N4O2S. The molecule has 5 N–H and O–H groups in total. The lowest BCUT2D eigenvalue weighted by Crippen LogP contribution is -2.23. The van der Waals surface area contributed by atoms with Gasteiger partial charge < -0.3 is 21.5 Å². The number of thiazole rings is 1. The van der Waals surface area contributed by atoms with Crippen LogP contribution in [0.5, 0.6) is 0 Å². The first-order chi connectivity index (χ1) is 18.8. The lowest BCUT2D eigenvalue weighted by atomic mass is 10.1. The van der Waals surface area contributed by atoms with E-state index >= 15 is 0 Å². The van der Waals surface area contributed by atoms with Crippen LogP contribution in [0.25, 0.3) is 0 Å². The van der Waals surface area contributed by atoms with Gasteiger partial charge in [0.05, 0.1) is 33.3 Å². The van der Waals surface area contributed by atoms with Crippen molar-refractivity contribution in [2.24, 2.45) is 0 Å². The van der Waals surface area contributed by atoms with Crippen LogP contribution < -0.4 is 16.4 Å². The van der Waals surface area contributed by atoms with Gasteiger partial charge in [0, 0.05) is 20.3 Å². The van der Waals surface area contributed by atoms with Crippen LogP contribution >= 0.6 is 11.3 Å². The third-order valence-corrected chi connectivity index (χ3v) is 3.86. The summed E-state index contributed by atoms with van der Waals surface area (Å²) in [6.07, 6.45) is -4.09. The van der Waals surface area contributed by atoms with Crippen molar-refractivity contribution in [3.05, 3.63) is 76.6 Å². The molecule has 28 heavy (non-hydrogen) atoms. The third kappa shape index (κ3) is 6.16. The van der Waals surface area contributed by atoms with E-state index < -0.39 is 109 Å². The molecular weight excluding hydrogens is 372 g/mol. The van der Waals surface area contributed by atoms with Gasteiger partial charge in [0.2, 0.25) is 5.91 Å². The molecule has 6 nitrogen and oxygen atoms in total. The van der Waals surface area contributed by atoms with E-state index in [2.05, 4.69) is 15.6 Å². The van der Waals surface area contributed by atoms with Crippen LogP contribution in [0, 0.1) is 0 Å². The summed E-state index contributed by atoms with van der Waals surface area (Å²) in [5, 5.41) is 15.1. The van der Waals surface area contributed by atoms with Crippen LogP contribution in [-0.4, -0.2) is 29.0 Å². The number of benzene rings is 2. The fraction of sp³-hybridized carbons (Fsp3) is 0.238. The Morgan fingerprint density at radius 1 is 1.29 bits per heavy atom. The summed E-state index contributed by atoms with van der Waals surface area (Å²) in [7, 11) is 0. The Morgan fingerprint density at radius 2 is 2.04 bits per heavy atom. The number of anilines is 2. The first-order valence-corrected chi connectivity index (χ1v) is 8.76. The van der Waals surface area contributed by atoms with E-state index in [9.17, 15) is 9.90 Å². The maximum absolute atomic E-state index is 12.5. The summed E-state index contributed by atoms with van der Waals surface area (Å²) in [4.78, 5) is 16.3. The predicted molar refractivity (Wildman–Crippen MR) is 113 cm³/mol. The fourth-order valence-electron chi connectivity index (χ4n) is 1.97. The Labute approximate surface area is 186 Å². The first-order valence-electron chi connectivity index (χ1n) is 14.4. The summed E-state index contributed by atoms with van der Waals surface area (Å²) in [6.45, 7) is -3.55. The second-order valence-electron chi connectivity index (χ2n) is 5.33. The summed E-state index contributed by atoms with van der Waals surface area (Å²) in [5.74, 6) is -0.781. The van der Waals surface area contributed by atoms with Crippen LogP contribution in [0.1, 0.15) is 40.7 Å². The zero-order valence-electron chi connectivity index (χ0n) is 27.4. The molecule has 3 aromatic rings. The highest BCUT2D eigenvalue weighted by Gasteiger charge is 2.08. The van der Waals surface area contributed by atoms with Crippen LogP contribution in [0.4, 0.5) is 10.8 Å². The number of rotatable bonds is 9. The molecule has 1 amide bonds. The van der Waals surface area contributed by atoms with Crippen molar-refractivity contribution in [3.63, 3.8) is 0 Å². The van der Waals surface area contributed by atoms with Gasteiger partial charge in [-0.2, -0.15) is 0 Å². The third-order valence-electron chi connectivity index (χ3n) is 3.22. The minimum absolute atomic E-state index is 0.0477. The van der Waals surface area contributed by atoms with Crippen molar-refractivity contribution in [2.45, 2.75) is 18.9 Å². The van der Waals surface area contributed by atoms with Crippen molar-refractivity contribution in [3.8, 4) is 0 Å². The molecule has 146 valence electrons. The summed E-state index contributed by atoms with van der Waals surface area (Å²) in [6, 6.07) is -6.69. The highest BCUT2D eigenvalue weighted by atomic mass is 32.1. The van der Waals surface area contributed by atoms with Gasteiger partial charge in [-0.25, -0.2) is 4.98 Å². The molecule has 1 atom stereocenters. The quantitative estimate of drug-likeness (QED) is 0.435. The maximum Gasteiger partial charge on any atom is 0.230 e. The van der Waals surface area contributed by atoms with Crippen molar-refractivity contribution in [1.82, 2.24) is 10.3 Å². The van der Waals surface area contributed by atoms with Gasteiger partial charge in [0.1, 0.15) is 0 Å². The summed E-state index contributed by atoms with van der Waals surface area (Å²) < 4.78 is 104. The average Bonchev–Trinajstić information content (AvgIpc) is 3.20. The van der Waals surface area contributed by atoms with E-state index in [1.807, 2.05) is 0 Å². The van der Waals surface area contributed by atoms with Gasteiger partial charge in [-0.3, -0.25) is 4.79 Å². The highest BCUT2D eigenvalue weighted by Crippen LogP contribution is 2.14. The Hall–Kier alpha value is -2.74. The fourth-order valence-corrected chi connectivity index (χ4v) is 2.47. The van der Waals surface area contributed by atoms with Crippen molar-refractivity contribution < 1.29 is 27.7 Å². The van der Waals surface area contributed by atoms with Crippen molar-refractivity contribution in [2.75, 3.05) is 24.1 Å². The number of nitrogen functional groups attached to an aromatic ring is 1. The number of hydrogen-bond acceptors (Lipinski definition) is 6. The maximum atomic E-state index is 12.5. The number of hydrogen-bond donors (Lipinski definition) is 4. The minimum atomic E-state index is -2.88. The smallest absolute Gasteiger partial charge is 0.230 e. The van der Waals surface area contributed by atoms with Gasteiger partial charge >= 0.3 is 0 Å². The van der Waals surface area contributed by atoms with Crippen LogP contribution in [0.15, 0.2) is 59.7 Å². The SMILES string of the molecule is [2H]c1sc(N)nc1CC(=O)Nc1c([2H])c([2H])c(CC([2H])([2H])NC[C@]([2H])(O)c2c([2H])c([2H])c([2H])c([2H])c2[2H])c([2H])c1[2H]. The van der Waals surface area contributed by atoms with E-state index in [4.69, 9.17) is 23.6 Å². The first kappa shape index (κ1) is 9.17. The zero-order valence-corrected chi connectivity index (χ0v) is 15.2. The molecule has 0 spiro atoms. The Balaban J connectivity index is 1.83. The van der Waals surface area contributed by atoms with E-state index in [0.29, 0.717) is 0 Å². The molecule has 0 saturated carbocycles. The molecule has 0 unspecified atom stereocenters. The van der Waals surface area contributed by atoms with E-state index in [1.54, 1.807) is 0 Å². The van der Waals surface area contributed by atoms with E-state index in [1.165, 1.54) is 0 Å². The lowest BCUT2D eigenvalue weighted by molar-refractivity contribution is -0.115. The Morgan fingerprint density at radius 3 is 2.71 bits per heavy atom. The standard InChI is InChI=1S/C21H24N4O2S/c22-21-25-18(14-28-21)12-20(27)24-17-8-6-15(7-9-17)10-11-23-13-19(26)16-4-2-1-3-5-16/h1-9,14,19,23,26H,10-13H2,(H2,22,25)(H,24,27)/t19-/m0/s1/i1D,2D,3D,4D,5D,6D,7D,8D,9D,11D2,14D,19D. The number of aliphatic hydroxyl groups is 1. The molecule has 3 rings (SSSR count). The van der Waals surface area contributed by atoms with Gasteiger partial charge in [-0.1, -0.05) is 42.3 Å². The number of carbonyl (C=O) groups is 1. The molecule has 0 aliphatic carbocycles. The van der Waals surface area contributed by atoms with Crippen LogP contribution in [0.3, 0.4) is 0 Å². The van der Waals surface area contributed by atoms with Gasteiger partial charge in [-0.15, -0.1) is 11.3 Å². The molecule has 7 heteroatoms. The number of nitrogens with zero attached hydrogens (tertiary/aromatic N) is 1. The molecule has 0 bridgehead atoms.